The van der Waals surface area contributed by atoms with Gasteiger partial charge in [-0.1, -0.05) is 29.8 Å². The standard InChI is InChI=1S/C21H21ClN4O.ClH/c22-20-17(5-3-13-23-20)21(27)25-16-10-8-15(9-11-16)24-19-12-7-14-4-1-2-6-18(14)26-19;/h1-7,12-13,15-16H,8-11H2,(H,24,26)(H,25,27);1H/t15-,16+;. The van der Waals surface area contributed by atoms with Crippen molar-refractivity contribution in [3.8, 4) is 0 Å². The summed E-state index contributed by atoms with van der Waals surface area (Å²) in [5.41, 5.74) is 1.43. The number of halogens is 2. The first-order valence-corrected chi connectivity index (χ1v) is 9.60. The first kappa shape index (κ1) is 20.4. The van der Waals surface area contributed by atoms with Crippen LogP contribution < -0.4 is 10.6 Å². The Balaban J connectivity index is 0.00000225. The zero-order valence-corrected chi connectivity index (χ0v) is 16.8. The molecule has 0 bridgehead atoms. The van der Waals surface area contributed by atoms with Gasteiger partial charge in [-0.2, -0.15) is 0 Å². The second-order valence-electron chi connectivity index (χ2n) is 6.90. The van der Waals surface area contributed by atoms with Crippen LogP contribution in [-0.2, 0) is 0 Å². The molecule has 4 rings (SSSR count). The van der Waals surface area contributed by atoms with Crippen LogP contribution in [-0.4, -0.2) is 28.0 Å². The zero-order chi connectivity index (χ0) is 18.6. The smallest absolute Gasteiger partial charge is 0.254 e. The maximum atomic E-state index is 12.4. The first-order valence-electron chi connectivity index (χ1n) is 9.23. The minimum Gasteiger partial charge on any atom is -0.367 e. The molecule has 1 aromatic carbocycles. The molecule has 146 valence electrons. The second-order valence-corrected chi connectivity index (χ2v) is 7.26. The summed E-state index contributed by atoms with van der Waals surface area (Å²) in [6, 6.07) is 16.2. The van der Waals surface area contributed by atoms with Gasteiger partial charge in [0.05, 0.1) is 11.1 Å². The number of amides is 1. The van der Waals surface area contributed by atoms with E-state index in [-0.39, 0.29) is 29.5 Å². The SMILES string of the molecule is Cl.O=C(N[C@H]1CC[C@@H](Nc2ccc3ccccc3n2)CC1)c1cccnc1Cl. The molecule has 1 aliphatic carbocycles. The van der Waals surface area contributed by atoms with Gasteiger partial charge in [0, 0.05) is 23.7 Å². The van der Waals surface area contributed by atoms with Crippen LogP contribution in [0.5, 0.6) is 0 Å². The molecule has 0 saturated heterocycles. The van der Waals surface area contributed by atoms with E-state index in [1.54, 1.807) is 18.3 Å². The van der Waals surface area contributed by atoms with Crippen LogP contribution >= 0.6 is 24.0 Å². The van der Waals surface area contributed by atoms with Crippen LogP contribution in [0.3, 0.4) is 0 Å². The summed E-state index contributed by atoms with van der Waals surface area (Å²) < 4.78 is 0. The van der Waals surface area contributed by atoms with E-state index < -0.39 is 0 Å². The number of benzene rings is 1. The minimum absolute atomic E-state index is 0. The maximum Gasteiger partial charge on any atom is 0.254 e. The van der Waals surface area contributed by atoms with Crippen molar-refractivity contribution in [1.82, 2.24) is 15.3 Å². The number of nitrogens with zero attached hydrogens (tertiary/aromatic N) is 2. The molecule has 3 aromatic rings. The summed E-state index contributed by atoms with van der Waals surface area (Å²) in [4.78, 5) is 21.0. The van der Waals surface area contributed by atoms with E-state index in [1.807, 2.05) is 24.3 Å². The molecule has 2 aromatic heterocycles. The lowest BCUT2D eigenvalue weighted by Gasteiger charge is -2.30. The van der Waals surface area contributed by atoms with Crippen LogP contribution in [0.25, 0.3) is 10.9 Å². The summed E-state index contributed by atoms with van der Waals surface area (Å²) in [7, 11) is 0. The van der Waals surface area contributed by atoms with E-state index in [0.29, 0.717) is 11.6 Å². The molecule has 0 aliphatic heterocycles. The predicted octanol–water partition coefficient (Wildman–Crippen LogP) is 4.86. The maximum absolute atomic E-state index is 12.4. The summed E-state index contributed by atoms with van der Waals surface area (Å²) >= 11 is 6.00. The largest absolute Gasteiger partial charge is 0.367 e. The Bertz CT molecular complexity index is 958. The number of fused-ring (bicyclic) bond motifs is 1. The Labute approximate surface area is 175 Å². The molecule has 1 amide bonds. The molecule has 1 saturated carbocycles. The van der Waals surface area contributed by atoms with Crippen molar-refractivity contribution in [3.05, 3.63) is 65.4 Å². The molecule has 5 nitrogen and oxygen atoms in total. The van der Waals surface area contributed by atoms with Gasteiger partial charge in [-0.3, -0.25) is 4.79 Å². The molecule has 2 N–H and O–H groups in total. The first-order chi connectivity index (χ1) is 13.2. The highest BCUT2D eigenvalue weighted by Crippen LogP contribution is 2.23. The van der Waals surface area contributed by atoms with Crippen molar-refractivity contribution >= 4 is 46.6 Å². The number of carbonyl (C=O) groups excluding carboxylic acids is 1. The Kier molecular flexibility index (Phi) is 6.70. The third-order valence-corrected chi connectivity index (χ3v) is 5.32. The molecule has 1 fully saturated rings. The average molecular weight is 417 g/mol. The minimum atomic E-state index is -0.152. The van der Waals surface area contributed by atoms with Crippen LogP contribution in [0.1, 0.15) is 36.0 Å². The van der Waals surface area contributed by atoms with Crippen LogP contribution in [0, 0.1) is 0 Å². The Hall–Kier alpha value is -2.37. The Morgan fingerprint density at radius 1 is 0.964 bits per heavy atom. The quantitative estimate of drug-likeness (QED) is 0.595. The van der Waals surface area contributed by atoms with Crippen molar-refractivity contribution in [1.29, 1.82) is 0 Å². The molecule has 7 heteroatoms. The summed E-state index contributed by atoms with van der Waals surface area (Å²) in [6.45, 7) is 0. The van der Waals surface area contributed by atoms with Gasteiger partial charge >= 0.3 is 0 Å². The monoisotopic (exact) mass is 416 g/mol. The highest BCUT2D eigenvalue weighted by atomic mass is 35.5. The molecular formula is C21H22Cl2N4O. The fourth-order valence-electron chi connectivity index (χ4n) is 3.56. The topological polar surface area (TPSA) is 66.9 Å². The van der Waals surface area contributed by atoms with Crippen LogP contribution in [0.4, 0.5) is 5.82 Å². The molecule has 0 atom stereocenters. The van der Waals surface area contributed by atoms with E-state index in [2.05, 4.69) is 32.7 Å². The van der Waals surface area contributed by atoms with E-state index in [1.165, 1.54) is 0 Å². The van der Waals surface area contributed by atoms with Crippen molar-refractivity contribution in [2.75, 3.05) is 5.32 Å². The molecule has 0 unspecified atom stereocenters. The number of hydrogen-bond acceptors (Lipinski definition) is 4. The Morgan fingerprint density at radius 2 is 1.71 bits per heavy atom. The number of pyridine rings is 2. The number of rotatable bonds is 4. The molecule has 1 aliphatic rings. The normalized spacial score (nSPS) is 18.9. The summed E-state index contributed by atoms with van der Waals surface area (Å²) in [6.07, 6.45) is 5.40. The van der Waals surface area contributed by atoms with Gasteiger partial charge in [0.1, 0.15) is 11.0 Å². The number of nitrogens with one attached hydrogen (secondary N) is 2. The fraction of sp³-hybridized carbons (Fsp3) is 0.286. The molecule has 0 radical (unpaired) electrons. The number of anilines is 1. The molecule has 28 heavy (non-hydrogen) atoms. The van der Waals surface area contributed by atoms with Crippen molar-refractivity contribution in [3.63, 3.8) is 0 Å². The van der Waals surface area contributed by atoms with Gasteiger partial charge in [-0.25, -0.2) is 9.97 Å². The number of para-hydroxylation sites is 1. The third-order valence-electron chi connectivity index (χ3n) is 5.02. The van der Waals surface area contributed by atoms with E-state index in [0.717, 1.165) is 42.4 Å². The number of hydrogen-bond donors (Lipinski definition) is 2. The van der Waals surface area contributed by atoms with Crippen LogP contribution in [0.2, 0.25) is 5.15 Å². The fourth-order valence-corrected chi connectivity index (χ4v) is 3.76. The third kappa shape index (κ3) is 4.72. The number of carbonyl (C=O) groups is 1. The molecular weight excluding hydrogens is 395 g/mol. The van der Waals surface area contributed by atoms with E-state index in [4.69, 9.17) is 11.6 Å². The van der Waals surface area contributed by atoms with Crippen molar-refractivity contribution < 1.29 is 4.79 Å². The van der Waals surface area contributed by atoms with Crippen molar-refractivity contribution in [2.24, 2.45) is 0 Å². The predicted molar refractivity (Wildman–Crippen MR) is 115 cm³/mol. The Morgan fingerprint density at radius 3 is 2.50 bits per heavy atom. The lowest BCUT2D eigenvalue weighted by atomic mass is 9.91. The van der Waals surface area contributed by atoms with Gasteiger partial charge in [0.25, 0.3) is 5.91 Å². The zero-order valence-electron chi connectivity index (χ0n) is 15.3. The van der Waals surface area contributed by atoms with E-state index in [9.17, 15) is 4.79 Å². The lowest BCUT2D eigenvalue weighted by Crippen LogP contribution is -2.40. The van der Waals surface area contributed by atoms with Crippen molar-refractivity contribution in [2.45, 2.75) is 37.8 Å². The lowest BCUT2D eigenvalue weighted by molar-refractivity contribution is 0.0926. The summed E-state index contributed by atoms with van der Waals surface area (Å²) in [5, 5.41) is 8.00. The second kappa shape index (κ2) is 9.22. The highest BCUT2D eigenvalue weighted by molar-refractivity contribution is 6.32. The molecule has 2 heterocycles. The highest BCUT2D eigenvalue weighted by Gasteiger charge is 2.23. The van der Waals surface area contributed by atoms with Gasteiger partial charge in [0.2, 0.25) is 0 Å². The van der Waals surface area contributed by atoms with Gasteiger partial charge in [-0.05, 0) is 56.0 Å². The van der Waals surface area contributed by atoms with Gasteiger partial charge in [-0.15, -0.1) is 12.4 Å². The molecule has 0 spiro atoms. The summed E-state index contributed by atoms with van der Waals surface area (Å²) in [5.74, 6) is 0.754. The van der Waals surface area contributed by atoms with Gasteiger partial charge < -0.3 is 10.6 Å². The van der Waals surface area contributed by atoms with Crippen LogP contribution in [0.15, 0.2) is 54.7 Å². The van der Waals surface area contributed by atoms with E-state index >= 15 is 0 Å². The average Bonchev–Trinajstić information content (AvgIpc) is 2.70. The van der Waals surface area contributed by atoms with Gasteiger partial charge in [0.15, 0.2) is 0 Å². The number of aromatic nitrogens is 2.